The third-order valence-electron chi connectivity index (χ3n) is 5.38. The monoisotopic (exact) mass is 496 g/mol. The predicted molar refractivity (Wildman–Crippen MR) is 139 cm³/mol. The van der Waals surface area contributed by atoms with E-state index in [9.17, 15) is 19.3 Å². The maximum absolute atomic E-state index is 13.7. The molecule has 0 spiro atoms. The first-order chi connectivity index (χ1) is 17.5. The van der Waals surface area contributed by atoms with Crippen molar-refractivity contribution in [3.05, 3.63) is 124 Å². The number of anilines is 1. The summed E-state index contributed by atoms with van der Waals surface area (Å²) in [7, 11) is 0. The highest BCUT2D eigenvalue weighted by atomic mass is 32.1. The zero-order chi connectivity index (χ0) is 25.1. The van der Waals surface area contributed by atoms with Crippen LogP contribution in [0.3, 0.4) is 0 Å². The van der Waals surface area contributed by atoms with Gasteiger partial charge in [0.15, 0.2) is 0 Å². The second-order valence-electron chi connectivity index (χ2n) is 7.76. The Morgan fingerprint density at radius 3 is 2.33 bits per heavy atom. The van der Waals surface area contributed by atoms with E-state index in [0.717, 1.165) is 27.5 Å². The van der Waals surface area contributed by atoms with Gasteiger partial charge in [-0.3, -0.25) is 14.9 Å². The maximum Gasteiger partial charge on any atom is 0.280 e. The number of hydrogen-bond acceptors (Lipinski definition) is 6. The number of non-ortho nitro benzene ring substituents is 1. The number of carbonyl (C=O) groups excluding carboxylic acids is 1. The van der Waals surface area contributed by atoms with Crippen molar-refractivity contribution in [2.45, 2.75) is 0 Å². The molecule has 0 N–H and O–H groups in total. The van der Waals surface area contributed by atoms with Crippen LogP contribution >= 0.6 is 11.3 Å². The lowest BCUT2D eigenvalue weighted by Crippen LogP contribution is -2.25. The Morgan fingerprint density at radius 1 is 0.944 bits per heavy atom. The molecule has 4 aromatic carbocycles. The molecular formula is C27H17FN4O3S. The first-order valence-corrected chi connectivity index (χ1v) is 11.6. The SMILES string of the molecule is O=C(c1ccc(-c2ccccc2)cc1)N(/N=C/c1ccc([N+](=O)[O-])cc1)c1nc2ccc(F)cc2s1. The van der Waals surface area contributed by atoms with Crippen molar-refractivity contribution in [2.24, 2.45) is 5.10 Å². The number of fused-ring (bicyclic) bond motifs is 1. The number of thiazole rings is 1. The molecule has 9 heteroatoms. The number of hydrogen-bond donors (Lipinski definition) is 0. The molecule has 0 saturated carbocycles. The van der Waals surface area contributed by atoms with Crippen molar-refractivity contribution in [1.29, 1.82) is 0 Å². The van der Waals surface area contributed by atoms with Crippen LogP contribution in [-0.2, 0) is 0 Å². The summed E-state index contributed by atoms with van der Waals surface area (Å²) in [6.07, 6.45) is 1.42. The molecule has 0 saturated heterocycles. The molecule has 0 aliphatic rings. The Hall–Kier alpha value is -4.76. The Bertz CT molecular complexity index is 1580. The zero-order valence-corrected chi connectivity index (χ0v) is 19.4. The minimum absolute atomic E-state index is 0.0493. The Kier molecular flexibility index (Phi) is 6.29. The van der Waals surface area contributed by atoms with E-state index < -0.39 is 16.6 Å². The van der Waals surface area contributed by atoms with Gasteiger partial charge in [-0.15, -0.1) is 0 Å². The largest absolute Gasteiger partial charge is 0.280 e. The van der Waals surface area contributed by atoms with E-state index in [2.05, 4.69) is 10.1 Å². The van der Waals surface area contributed by atoms with Gasteiger partial charge < -0.3 is 0 Å². The lowest BCUT2D eigenvalue weighted by atomic mass is 10.0. The van der Waals surface area contributed by atoms with Crippen molar-refractivity contribution in [3.8, 4) is 11.1 Å². The lowest BCUT2D eigenvalue weighted by molar-refractivity contribution is -0.384. The molecule has 0 radical (unpaired) electrons. The summed E-state index contributed by atoms with van der Waals surface area (Å²) in [5.41, 5.74) is 3.43. The van der Waals surface area contributed by atoms with Crippen molar-refractivity contribution in [2.75, 3.05) is 5.01 Å². The number of nitro benzene ring substituents is 1. The van der Waals surface area contributed by atoms with Crippen LogP contribution in [0.15, 0.2) is 102 Å². The molecule has 1 aromatic heterocycles. The van der Waals surface area contributed by atoms with Gasteiger partial charge in [-0.1, -0.05) is 53.8 Å². The fourth-order valence-electron chi connectivity index (χ4n) is 3.53. The van der Waals surface area contributed by atoms with Crippen LogP contribution in [0.5, 0.6) is 0 Å². The number of nitrogens with zero attached hydrogens (tertiary/aromatic N) is 4. The van der Waals surface area contributed by atoms with Crippen molar-refractivity contribution in [1.82, 2.24) is 4.98 Å². The van der Waals surface area contributed by atoms with Gasteiger partial charge >= 0.3 is 0 Å². The van der Waals surface area contributed by atoms with E-state index in [1.165, 1.54) is 42.6 Å². The fourth-order valence-corrected chi connectivity index (χ4v) is 4.48. The molecule has 36 heavy (non-hydrogen) atoms. The summed E-state index contributed by atoms with van der Waals surface area (Å²) >= 11 is 1.13. The van der Waals surface area contributed by atoms with Gasteiger partial charge in [0.1, 0.15) is 5.82 Å². The van der Waals surface area contributed by atoms with Gasteiger partial charge in [-0.05, 0) is 59.2 Å². The number of aromatic nitrogens is 1. The summed E-state index contributed by atoms with van der Waals surface area (Å²) in [4.78, 5) is 28.4. The van der Waals surface area contributed by atoms with Gasteiger partial charge in [0, 0.05) is 17.7 Å². The fraction of sp³-hybridized carbons (Fsp3) is 0. The number of halogens is 1. The highest BCUT2D eigenvalue weighted by Crippen LogP contribution is 2.31. The van der Waals surface area contributed by atoms with Crippen molar-refractivity contribution >= 4 is 44.5 Å². The zero-order valence-electron chi connectivity index (χ0n) is 18.6. The molecule has 7 nitrogen and oxygen atoms in total. The molecule has 0 unspecified atom stereocenters. The summed E-state index contributed by atoms with van der Waals surface area (Å²) in [6, 6.07) is 26.9. The number of amides is 1. The minimum atomic E-state index is -0.490. The van der Waals surface area contributed by atoms with Gasteiger partial charge in [0.05, 0.1) is 21.4 Å². The van der Waals surface area contributed by atoms with Crippen LogP contribution in [0, 0.1) is 15.9 Å². The second kappa shape index (κ2) is 9.85. The van der Waals surface area contributed by atoms with E-state index in [1.807, 2.05) is 42.5 Å². The van der Waals surface area contributed by atoms with E-state index in [0.29, 0.717) is 21.3 Å². The van der Waals surface area contributed by atoms with E-state index in [4.69, 9.17) is 0 Å². The van der Waals surface area contributed by atoms with E-state index >= 15 is 0 Å². The summed E-state index contributed by atoms with van der Waals surface area (Å²) in [5.74, 6) is -0.825. The van der Waals surface area contributed by atoms with Crippen LogP contribution < -0.4 is 5.01 Å². The highest BCUT2D eigenvalue weighted by molar-refractivity contribution is 7.22. The topological polar surface area (TPSA) is 88.7 Å². The molecule has 0 atom stereocenters. The molecule has 0 fully saturated rings. The summed E-state index contributed by atoms with van der Waals surface area (Å²) < 4.78 is 14.3. The maximum atomic E-state index is 13.7. The van der Waals surface area contributed by atoms with Gasteiger partial charge in [0.2, 0.25) is 5.13 Å². The number of nitro groups is 1. The molecule has 5 rings (SSSR count). The van der Waals surface area contributed by atoms with Crippen molar-refractivity contribution < 1.29 is 14.1 Å². The third-order valence-corrected chi connectivity index (χ3v) is 6.37. The van der Waals surface area contributed by atoms with E-state index in [1.54, 1.807) is 18.2 Å². The number of carbonyl (C=O) groups is 1. The molecule has 0 aliphatic carbocycles. The second-order valence-corrected chi connectivity index (χ2v) is 8.77. The molecule has 5 aromatic rings. The number of hydrazone groups is 1. The minimum Gasteiger partial charge on any atom is -0.267 e. The van der Waals surface area contributed by atoms with Crippen LogP contribution in [0.25, 0.3) is 21.3 Å². The first kappa shape index (κ1) is 23.0. The molecule has 1 heterocycles. The smallest absolute Gasteiger partial charge is 0.267 e. The average molecular weight is 497 g/mol. The van der Waals surface area contributed by atoms with E-state index in [-0.39, 0.29) is 10.8 Å². The Labute approximate surface area is 208 Å². The summed E-state index contributed by atoms with van der Waals surface area (Å²) in [6.45, 7) is 0. The first-order valence-electron chi connectivity index (χ1n) is 10.8. The van der Waals surface area contributed by atoms with Crippen LogP contribution in [-0.4, -0.2) is 22.0 Å². The van der Waals surface area contributed by atoms with Gasteiger partial charge in [0.25, 0.3) is 11.6 Å². The average Bonchev–Trinajstić information content (AvgIpc) is 3.32. The lowest BCUT2D eigenvalue weighted by Gasteiger charge is -2.14. The van der Waals surface area contributed by atoms with Crippen LogP contribution in [0.1, 0.15) is 15.9 Å². The van der Waals surface area contributed by atoms with Crippen molar-refractivity contribution in [3.63, 3.8) is 0 Å². The third kappa shape index (κ3) is 4.86. The van der Waals surface area contributed by atoms with Gasteiger partial charge in [-0.2, -0.15) is 10.1 Å². The molecule has 1 amide bonds. The molecule has 0 aliphatic heterocycles. The Balaban J connectivity index is 1.50. The van der Waals surface area contributed by atoms with Crippen LogP contribution in [0.4, 0.5) is 15.2 Å². The summed E-state index contributed by atoms with van der Waals surface area (Å²) in [5, 5.41) is 16.7. The normalized spacial score (nSPS) is 11.1. The number of rotatable bonds is 6. The predicted octanol–water partition coefficient (Wildman–Crippen LogP) is 6.69. The number of benzene rings is 4. The molecule has 0 bridgehead atoms. The highest BCUT2D eigenvalue weighted by Gasteiger charge is 2.21. The Morgan fingerprint density at radius 2 is 1.64 bits per heavy atom. The van der Waals surface area contributed by atoms with Gasteiger partial charge in [-0.25, -0.2) is 9.37 Å². The van der Waals surface area contributed by atoms with Crippen LogP contribution in [0.2, 0.25) is 0 Å². The standard InChI is InChI=1S/C27H17FN4O3S/c28-22-12-15-24-25(16-22)36-27(30-24)31(29-17-18-6-13-23(14-7-18)32(34)35)26(33)21-10-8-20(9-11-21)19-4-2-1-3-5-19/h1-17H/b29-17+. The quantitative estimate of drug-likeness (QED) is 0.149. The molecule has 176 valence electrons. The molecular weight excluding hydrogens is 479 g/mol.